The Labute approximate surface area is 116 Å². The average molecular weight is 276 g/mol. The van der Waals surface area contributed by atoms with Gasteiger partial charge in [-0.1, -0.05) is 24.6 Å². The molecule has 19 heavy (non-hydrogen) atoms. The molecule has 98 valence electrons. The van der Waals surface area contributed by atoms with Gasteiger partial charge in [0.05, 0.1) is 17.8 Å². The van der Waals surface area contributed by atoms with Gasteiger partial charge in [0.15, 0.2) is 0 Å². The number of nitrogens with zero attached hydrogens (tertiary/aromatic N) is 2. The number of amides is 1. The Bertz CT molecular complexity index is 586. The second-order valence-corrected chi connectivity index (χ2v) is 4.35. The number of carbonyl (C=O) groups is 1. The van der Waals surface area contributed by atoms with E-state index < -0.39 is 0 Å². The predicted octanol–water partition coefficient (Wildman–Crippen LogP) is 2.62. The SMILES string of the molecule is CCc1cccnc1CNC(=O)c1cccnc1Cl. The van der Waals surface area contributed by atoms with Crippen LogP contribution in [0.2, 0.25) is 5.15 Å². The van der Waals surface area contributed by atoms with Gasteiger partial charge in [-0.05, 0) is 30.2 Å². The molecule has 5 heteroatoms. The van der Waals surface area contributed by atoms with E-state index in [4.69, 9.17) is 11.6 Å². The zero-order chi connectivity index (χ0) is 13.7. The van der Waals surface area contributed by atoms with Crippen molar-refractivity contribution in [1.29, 1.82) is 0 Å². The highest BCUT2D eigenvalue weighted by atomic mass is 35.5. The van der Waals surface area contributed by atoms with Crippen LogP contribution in [0.1, 0.15) is 28.5 Å². The maximum Gasteiger partial charge on any atom is 0.254 e. The van der Waals surface area contributed by atoms with E-state index in [0.29, 0.717) is 12.1 Å². The standard InChI is InChI=1S/C14H14ClN3O/c1-2-10-5-3-7-16-12(10)9-18-14(19)11-6-4-8-17-13(11)15/h3-8H,2,9H2,1H3,(H,18,19). The summed E-state index contributed by atoms with van der Waals surface area (Å²) in [6.45, 7) is 2.44. The van der Waals surface area contributed by atoms with Crippen LogP contribution in [0.25, 0.3) is 0 Å². The van der Waals surface area contributed by atoms with Crippen LogP contribution < -0.4 is 5.32 Å². The van der Waals surface area contributed by atoms with Crippen LogP contribution in [-0.2, 0) is 13.0 Å². The Morgan fingerprint density at radius 1 is 1.26 bits per heavy atom. The van der Waals surface area contributed by atoms with E-state index in [1.165, 1.54) is 0 Å². The lowest BCUT2D eigenvalue weighted by Crippen LogP contribution is -2.24. The van der Waals surface area contributed by atoms with Crippen LogP contribution in [0.4, 0.5) is 0 Å². The summed E-state index contributed by atoms with van der Waals surface area (Å²) in [4.78, 5) is 20.1. The molecule has 0 atom stereocenters. The number of carbonyl (C=O) groups excluding carboxylic acids is 1. The molecule has 4 nitrogen and oxygen atoms in total. The van der Waals surface area contributed by atoms with Crippen LogP contribution >= 0.6 is 11.6 Å². The first-order valence-electron chi connectivity index (χ1n) is 6.04. The van der Waals surface area contributed by atoms with E-state index in [2.05, 4.69) is 22.2 Å². The van der Waals surface area contributed by atoms with Crippen molar-refractivity contribution in [2.24, 2.45) is 0 Å². The molecule has 2 rings (SSSR count). The number of aromatic nitrogens is 2. The fourth-order valence-electron chi connectivity index (χ4n) is 1.77. The summed E-state index contributed by atoms with van der Waals surface area (Å²) in [5, 5.41) is 3.01. The largest absolute Gasteiger partial charge is 0.346 e. The minimum atomic E-state index is -0.245. The molecule has 0 aliphatic rings. The number of hydrogen-bond acceptors (Lipinski definition) is 3. The highest BCUT2D eigenvalue weighted by Crippen LogP contribution is 2.12. The van der Waals surface area contributed by atoms with Gasteiger partial charge in [0.1, 0.15) is 5.15 Å². The van der Waals surface area contributed by atoms with Gasteiger partial charge >= 0.3 is 0 Å². The molecule has 0 unspecified atom stereocenters. The summed E-state index contributed by atoms with van der Waals surface area (Å²) < 4.78 is 0. The van der Waals surface area contributed by atoms with E-state index in [9.17, 15) is 4.79 Å². The Morgan fingerprint density at radius 3 is 2.74 bits per heavy atom. The van der Waals surface area contributed by atoms with Gasteiger partial charge in [-0.3, -0.25) is 9.78 Å². The van der Waals surface area contributed by atoms with E-state index >= 15 is 0 Å². The van der Waals surface area contributed by atoms with E-state index in [1.807, 2.05) is 12.1 Å². The summed E-state index contributed by atoms with van der Waals surface area (Å²) in [6.07, 6.45) is 4.15. The average Bonchev–Trinajstić information content (AvgIpc) is 2.45. The van der Waals surface area contributed by atoms with Crippen molar-refractivity contribution >= 4 is 17.5 Å². The number of nitrogens with one attached hydrogen (secondary N) is 1. The second-order valence-electron chi connectivity index (χ2n) is 3.99. The zero-order valence-electron chi connectivity index (χ0n) is 10.6. The number of aryl methyl sites for hydroxylation is 1. The molecule has 2 heterocycles. The van der Waals surface area contributed by atoms with Crippen molar-refractivity contribution in [2.45, 2.75) is 19.9 Å². The number of rotatable bonds is 4. The zero-order valence-corrected chi connectivity index (χ0v) is 11.3. The molecule has 0 aliphatic heterocycles. The maximum atomic E-state index is 12.0. The molecule has 2 aromatic rings. The molecule has 0 spiro atoms. The molecule has 2 aromatic heterocycles. The van der Waals surface area contributed by atoms with E-state index in [1.54, 1.807) is 24.5 Å². The first-order chi connectivity index (χ1) is 9.22. The minimum absolute atomic E-state index is 0.205. The minimum Gasteiger partial charge on any atom is -0.346 e. The van der Waals surface area contributed by atoms with Crippen LogP contribution in [0.3, 0.4) is 0 Å². The summed E-state index contributed by atoms with van der Waals surface area (Å²) >= 11 is 5.87. The molecule has 0 aromatic carbocycles. The van der Waals surface area contributed by atoms with Gasteiger partial charge in [0, 0.05) is 12.4 Å². The smallest absolute Gasteiger partial charge is 0.254 e. The maximum absolute atomic E-state index is 12.0. The summed E-state index contributed by atoms with van der Waals surface area (Å²) in [6, 6.07) is 7.22. The van der Waals surface area contributed by atoms with Crippen molar-refractivity contribution < 1.29 is 4.79 Å². The lowest BCUT2D eigenvalue weighted by molar-refractivity contribution is 0.0950. The van der Waals surface area contributed by atoms with Crippen LogP contribution in [0, 0.1) is 0 Å². The van der Waals surface area contributed by atoms with E-state index in [-0.39, 0.29) is 11.1 Å². The third kappa shape index (κ3) is 3.29. The molecule has 0 bridgehead atoms. The van der Waals surface area contributed by atoms with Crippen LogP contribution in [0.15, 0.2) is 36.7 Å². The van der Waals surface area contributed by atoms with E-state index in [0.717, 1.165) is 17.7 Å². The Kier molecular flexibility index (Phi) is 4.47. The first-order valence-corrected chi connectivity index (χ1v) is 6.41. The van der Waals surface area contributed by atoms with Gasteiger partial charge in [-0.25, -0.2) is 4.98 Å². The van der Waals surface area contributed by atoms with Crippen molar-refractivity contribution in [1.82, 2.24) is 15.3 Å². The second kappa shape index (κ2) is 6.29. The Morgan fingerprint density at radius 2 is 2.00 bits per heavy atom. The van der Waals surface area contributed by atoms with Gasteiger partial charge < -0.3 is 5.32 Å². The van der Waals surface area contributed by atoms with Gasteiger partial charge in [-0.2, -0.15) is 0 Å². The molecule has 0 saturated carbocycles. The fourth-order valence-corrected chi connectivity index (χ4v) is 1.97. The molecule has 1 N–H and O–H groups in total. The van der Waals surface area contributed by atoms with Gasteiger partial charge in [-0.15, -0.1) is 0 Å². The highest BCUT2D eigenvalue weighted by Gasteiger charge is 2.11. The Balaban J connectivity index is 2.07. The Hall–Kier alpha value is -1.94. The third-order valence-corrected chi connectivity index (χ3v) is 3.09. The molecular formula is C14H14ClN3O. The van der Waals surface area contributed by atoms with Crippen LogP contribution in [-0.4, -0.2) is 15.9 Å². The lowest BCUT2D eigenvalue weighted by atomic mass is 10.1. The molecule has 0 fully saturated rings. The topological polar surface area (TPSA) is 54.9 Å². The third-order valence-electron chi connectivity index (χ3n) is 2.79. The molecular weight excluding hydrogens is 262 g/mol. The predicted molar refractivity (Wildman–Crippen MR) is 74.0 cm³/mol. The van der Waals surface area contributed by atoms with Crippen molar-refractivity contribution in [2.75, 3.05) is 0 Å². The number of pyridine rings is 2. The van der Waals surface area contributed by atoms with Gasteiger partial charge in [0.2, 0.25) is 0 Å². The van der Waals surface area contributed by atoms with Crippen LogP contribution in [0.5, 0.6) is 0 Å². The summed E-state index contributed by atoms with van der Waals surface area (Å²) in [5.41, 5.74) is 2.37. The number of halogens is 1. The first kappa shape index (κ1) is 13.5. The van der Waals surface area contributed by atoms with Gasteiger partial charge in [0.25, 0.3) is 5.91 Å². The number of hydrogen-bond donors (Lipinski definition) is 1. The van der Waals surface area contributed by atoms with Crippen molar-refractivity contribution in [3.63, 3.8) is 0 Å². The molecule has 1 amide bonds. The molecule has 0 aliphatic carbocycles. The quantitative estimate of drug-likeness (QED) is 0.873. The van der Waals surface area contributed by atoms with Crippen molar-refractivity contribution in [3.8, 4) is 0 Å². The lowest BCUT2D eigenvalue weighted by Gasteiger charge is -2.08. The summed E-state index contributed by atoms with van der Waals surface area (Å²) in [7, 11) is 0. The fraction of sp³-hybridized carbons (Fsp3) is 0.214. The molecule has 0 radical (unpaired) electrons. The van der Waals surface area contributed by atoms with Crippen molar-refractivity contribution in [3.05, 3.63) is 58.6 Å². The normalized spacial score (nSPS) is 10.2. The summed E-state index contributed by atoms with van der Waals surface area (Å²) in [5.74, 6) is -0.245. The highest BCUT2D eigenvalue weighted by molar-refractivity contribution is 6.32. The molecule has 0 saturated heterocycles. The monoisotopic (exact) mass is 275 g/mol.